The molecule has 1 aliphatic rings. The largest absolute Gasteiger partial charge is 0.456 e. The Hall–Kier alpha value is -7.11. The maximum absolute atomic E-state index is 6.40. The molecule has 0 unspecified atom stereocenters. The molecular weight excluding hydrogens is 663 g/mol. The summed E-state index contributed by atoms with van der Waals surface area (Å²) in [6.45, 7) is 0. The first kappa shape index (κ1) is 30.5. The smallest absolute Gasteiger partial charge is 0.164 e. The highest BCUT2D eigenvalue weighted by Crippen LogP contribution is 2.40. The van der Waals surface area contributed by atoms with Crippen LogP contribution in [0, 0.1) is 0 Å². The van der Waals surface area contributed by atoms with Gasteiger partial charge >= 0.3 is 0 Å². The van der Waals surface area contributed by atoms with E-state index in [2.05, 4.69) is 140 Å². The molecule has 11 rings (SSSR count). The normalized spacial score (nSPS) is 12.8. The third kappa shape index (κ3) is 5.13. The highest BCUT2D eigenvalue weighted by atomic mass is 16.3. The average Bonchev–Trinajstić information content (AvgIpc) is 3.81. The van der Waals surface area contributed by atoms with E-state index in [1.165, 1.54) is 21.9 Å². The van der Waals surface area contributed by atoms with Crippen molar-refractivity contribution >= 4 is 55.3 Å². The van der Waals surface area contributed by atoms with E-state index in [-0.39, 0.29) is 0 Å². The molecule has 3 aromatic heterocycles. The van der Waals surface area contributed by atoms with Crippen LogP contribution in [-0.2, 0) is 6.42 Å². The van der Waals surface area contributed by atoms with Gasteiger partial charge in [-0.15, -0.1) is 0 Å². The van der Waals surface area contributed by atoms with Crippen LogP contribution in [-0.4, -0.2) is 15.0 Å². The summed E-state index contributed by atoms with van der Waals surface area (Å²) in [5.41, 5.74) is 11.2. The van der Waals surface area contributed by atoms with Gasteiger partial charge < -0.3 is 8.83 Å². The Morgan fingerprint density at radius 2 is 1.09 bits per heavy atom. The van der Waals surface area contributed by atoms with Crippen LogP contribution >= 0.6 is 0 Å². The number of aryl methyl sites for hydroxylation is 1. The number of furan rings is 2. The molecule has 3 heterocycles. The lowest BCUT2D eigenvalue weighted by Crippen LogP contribution is -2.05. The summed E-state index contributed by atoms with van der Waals surface area (Å²) in [7, 11) is 0. The van der Waals surface area contributed by atoms with Crippen LogP contribution in [0.3, 0.4) is 0 Å². The van der Waals surface area contributed by atoms with E-state index in [1.54, 1.807) is 0 Å². The van der Waals surface area contributed by atoms with Gasteiger partial charge in [0, 0.05) is 38.4 Å². The first-order valence-corrected chi connectivity index (χ1v) is 18.3. The molecule has 0 amide bonds. The summed E-state index contributed by atoms with van der Waals surface area (Å²) in [5.74, 6) is 2.80. The van der Waals surface area contributed by atoms with Gasteiger partial charge in [-0.3, -0.25) is 0 Å². The number of hydrogen-bond donors (Lipinski definition) is 0. The van der Waals surface area contributed by atoms with Gasteiger partial charge in [0.25, 0.3) is 0 Å². The predicted molar refractivity (Wildman–Crippen MR) is 219 cm³/mol. The van der Waals surface area contributed by atoms with Gasteiger partial charge in [0.2, 0.25) is 0 Å². The minimum absolute atomic E-state index is 0.622. The van der Waals surface area contributed by atoms with Crippen LogP contribution < -0.4 is 0 Å². The van der Waals surface area contributed by atoms with Gasteiger partial charge in [-0.1, -0.05) is 121 Å². The molecule has 0 saturated carbocycles. The third-order valence-electron chi connectivity index (χ3n) is 10.6. The second-order valence-electron chi connectivity index (χ2n) is 13.9. The summed E-state index contributed by atoms with van der Waals surface area (Å²) >= 11 is 0. The Labute approximate surface area is 310 Å². The second kappa shape index (κ2) is 12.2. The predicted octanol–water partition coefficient (Wildman–Crippen LogP) is 12.8. The van der Waals surface area contributed by atoms with E-state index in [0.29, 0.717) is 17.5 Å². The number of fused-ring (bicyclic) bond motifs is 7. The zero-order valence-corrected chi connectivity index (χ0v) is 29.2. The molecule has 1 aliphatic carbocycles. The summed E-state index contributed by atoms with van der Waals surface area (Å²) in [5, 5.41) is 5.66. The molecular formula is C49H31N3O2. The Morgan fingerprint density at radius 3 is 2.00 bits per heavy atom. The molecule has 5 heteroatoms. The monoisotopic (exact) mass is 693 g/mol. The molecule has 0 N–H and O–H groups in total. The number of hydrogen-bond acceptors (Lipinski definition) is 5. The fourth-order valence-electron chi connectivity index (χ4n) is 7.97. The van der Waals surface area contributed by atoms with Gasteiger partial charge in [0.1, 0.15) is 22.5 Å². The zero-order valence-electron chi connectivity index (χ0n) is 29.2. The Morgan fingerprint density at radius 1 is 0.407 bits per heavy atom. The van der Waals surface area contributed by atoms with Crippen LogP contribution in [0.4, 0.5) is 0 Å². The van der Waals surface area contributed by atoms with E-state index >= 15 is 0 Å². The van der Waals surface area contributed by atoms with Crippen LogP contribution in [0.2, 0.25) is 0 Å². The molecule has 5 nitrogen and oxygen atoms in total. The zero-order chi connectivity index (χ0) is 35.6. The summed E-state index contributed by atoms with van der Waals surface area (Å²) in [4.78, 5) is 15.4. The van der Waals surface area contributed by atoms with Crippen molar-refractivity contribution in [2.45, 2.75) is 12.8 Å². The minimum atomic E-state index is 0.622. The van der Waals surface area contributed by atoms with Crippen molar-refractivity contribution in [1.29, 1.82) is 0 Å². The maximum atomic E-state index is 6.40. The van der Waals surface area contributed by atoms with Gasteiger partial charge in [-0.05, 0) is 88.3 Å². The van der Waals surface area contributed by atoms with Crippen molar-refractivity contribution < 1.29 is 8.83 Å². The number of nitrogens with zero attached hydrogens (tertiary/aromatic N) is 3. The first-order valence-electron chi connectivity index (χ1n) is 18.3. The Balaban J connectivity index is 1.07. The van der Waals surface area contributed by atoms with Crippen LogP contribution in [0.1, 0.15) is 23.6 Å². The number of benzene rings is 7. The molecule has 0 saturated heterocycles. The summed E-state index contributed by atoms with van der Waals surface area (Å²) in [6, 6.07) is 54.7. The summed E-state index contributed by atoms with van der Waals surface area (Å²) in [6.07, 6.45) is 3.78. The average molecular weight is 694 g/mol. The summed E-state index contributed by atoms with van der Waals surface area (Å²) < 4.78 is 12.7. The Bertz CT molecular complexity index is 3120. The fourth-order valence-corrected chi connectivity index (χ4v) is 7.97. The van der Waals surface area contributed by atoms with Crippen molar-refractivity contribution in [3.05, 3.63) is 175 Å². The topological polar surface area (TPSA) is 65.0 Å². The highest BCUT2D eigenvalue weighted by Gasteiger charge is 2.22. The van der Waals surface area contributed by atoms with Crippen LogP contribution in [0.25, 0.3) is 100 Å². The molecule has 0 radical (unpaired) electrons. The lowest BCUT2D eigenvalue weighted by molar-refractivity contribution is 0.596. The number of para-hydroxylation sites is 1. The molecule has 0 bridgehead atoms. The number of allylic oxidation sites excluding steroid dienone is 1. The van der Waals surface area contributed by atoms with Crippen molar-refractivity contribution in [3.63, 3.8) is 0 Å². The molecule has 0 atom stereocenters. The lowest BCUT2D eigenvalue weighted by atomic mass is 9.94. The third-order valence-corrected chi connectivity index (χ3v) is 10.6. The minimum Gasteiger partial charge on any atom is -0.456 e. The van der Waals surface area contributed by atoms with Crippen molar-refractivity contribution in [1.82, 2.24) is 15.0 Å². The SMILES string of the molecule is C1=C(c2nc(-c3cccc(-c4cccc5oc6ccc(-c7ccccc7)cc6c45)c3)nc(-c3ccc4ccccc4c3)n2)CCc2c1oc1ccccc21. The molecule has 7 aromatic carbocycles. The standard InChI is InChI=1S/C49H31N3O2/c1-2-10-30(11-3-1)33-23-25-43-41(28-33)46-38(17-9-19-44(46)53-43)34-14-8-15-35(27-34)47-50-48(36-21-20-31-12-4-5-13-32(31)26-36)52-49(51-47)37-22-24-40-39-16-6-7-18-42(39)54-45(40)29-37/h1-21,23,25-29H,22,24H2. The maximum Gasteiger partial charge on any atom is 0.164 e. The molecule has 10 aromatic rings. The van der Waals surface area contributed by atoms with E-state index in [9.17, 15) is 0 Å². The molecule has 0 spiro atoms. The van der Waals surface area contributed by atoms with Gasteiger partial charge in [0.05, 0.1) is 0 Å². The molecule has 0 aliphatic heterocycles. The molecule has 54 heavy (non-hydrogen) atoms. The van der Waals surface area contributed by atoms with E-state index < -0.39 is 0 Å². The van der Waals surface area contributed by atoms with E-state index in [0.717, 1.165) is 84.9 Å². The fraction of sp³-hybridized carbons (Fsp3) is 0.0408. The molecule has 254 valence electrons. The number of aromatic nitrogens is 3. The van der Waals surface area contributed by atoms with Crippen molar-refractivity contribution in [3.8, 4) is 45.0 Å². The van der Waals surface area contributed by atoms with Crippen molar-refractivity contribution in [2.75, 3.05) is 0 Å². The van der Waals surface area contributed by atoms with Crippen LogP contribution in [0.5, 0.6) is 0 Å². The highest BCUT2D eigenvalue weighted by molar-refractivity contribution is 6.13. The van der Waals surface area contributed by atoms with Gasteiger partial charge in [0.15, 0.2) is 17.5 Å². The van der Waals surface area contributed by atoms with Crippen molar-refractivity contribution in [2.24, 2.45) is 0 Å². The van der Waals surface area contributed by atoms with Crippen LogP contribution in [0.15, 0.2) is 167 Å². The second-order valence-corrected chi connectivity index (χ2v) is 13.9. The van der Waals surface area contributed by atoms with E-state index in [1.807, 2.05) is 24.3 Å². The quantitative estimate of drug-likeness (QED) is 0.179. The van der Waals surface area contributed by atoms with E-state index in [4.69, 9.17) is 23.8 Å². The number of rotatable bonds is 5. The van der Waals surface area contributed by atoms with Gasteiger partial charge in [-0.2, -0.15) is 0 Å². The Kier molecular flexibility index (Phi) is 6.92. The molecule has 0 fully saturated rings. The van der Waals surface area contributed by atoms with Gasteiger partial charge in [-0.25, -0.2) is 15.0 Å². The first-order chi connectivity index (χ1) is 26.7. The lowest BCUT2D eigenvalue weighted by Gasteiger charge is -2.14.